The van der Waals surface area contributed by atoms with E-state index < -0.39 is 44.6 Å². The maximum atomic E-state index is 13.8. The zero-order chi connectivity index (χ0) is 19.5. The van der Waals surface area contributed by atoms with Crippen LogP contribution in [-0.2, 0) is 19.6 Å². The number of halogens is 1. The number of carbonyl (C=O) groups is 2. The molecule has 1 aliphatic heterocycles. The summed E-state index contributed by atoms with van der Waals surface area (Å²) in [4.78, 5) is 23.8. The highest BCUT2D eigenvalue weighted by Gasteiger charge is 2.39. The smallest absolute Gasteiger partial charge is 0.411 e. The first kappa shape index (κ1) is 20.1. The minimum atomic E-state index is -4.12. The number of nitrogens with zero attached hydrogens (tertiary/aromatic N) is 1. The van der Waals surface area contributed by atoms with E-state index in [-0.39, 0.29) is 13.0 Å². The van der Waals surface area contributed by atoms with E-state index in [0.717, 1.165) is 12.1 Å². The van der Waals surface area contributed by atoms with Crippen molar-refractivity contribution in [3.8, 4) is 0 Å². The largest absolute Gasteiger partial charge is 0.444 e. The van der Waals surface area contributed by atoms with Crippen molar-refractivity contribution in [3.05, 3.63) is 30.1 Å². The molecule has 0 unspecified atom stereocenters. The van der Waals surface area contributed by atoms with Gasteiger partial charge in [0, 0.05) is 19.0 Å². The van der Waals surface area contributed by atoms with E-state index in [0.29, 0.717) is 6.41 Å². The van der Waals surface area contributed by atoms with Crippen molar-refractivity contribution in [1.82, 2.24) is 14.9 Å². The van der Waals surface area contributed by atoms with Crippen LogP contribution in [0.25, 0.3) is 0 Å². The molecule has 2 amide bonds. The van der Waals surface area contributed by atoms with Crippen LogP contribution in [0.5, 0.6) is 0 Å². The minimum Gasteiger partial charge on any atom is -0.444 e. The molecule has 2 rings (SSSR count). The van der Waals surface area contributed by atoms with Crippen molar-refractivity contribution in [2.75, 3.05) is 6.54 Å². The van der Waals surface area contributed by atoms with Crippen LogP contribution in [0.4, 0.5) is 9.18 Å². The van der Waals surface area contributed by atoms with Gasteiger partial charge in [0.15, 0.2) is 0 Å². The fourth-order valence-corrected chi connectivity index (χ4v) is 3.94. The summed E-state index contributed by atoms with van der Waals surface area (Å²) in [6.07, 6.45) is -0.846. The average molecular weight is 387 g/mol. The van der Waals surface area contributed by atoms with Crippen LogP contribution in [0.3, 0.4) is 0 Å². The Hall–Kier alpha value is -2.20. The first-order valence-corrected chi connectivity index (χ1v) is 9.48. The zero-order valence-corrected chi connectivity index (χ0v) is 15.5. The molecule has 0 aromatic heterocycles. The monoisotopic (exact) mass is 387 g/mol. The molecule has 0 aliphatic carbocycles. The van der Waals surface area contributed by atoms with E-state index in [4.69, 9.17) is 4.74 Å². The summed E-state index contributed by atoms with van der Waals surface area (Å²) < 4.78 is 46.2. The number of carbonyl (C=O) groups excluding carboxylic acids is 2. The van der Waals surface area contributed by atoms with Gasteiger partial charge in [0.05, 0.1) is 0 Å². The van der Waals surface area contributed by atoms with Crippen LogP contribution < -0.4 is 10.0 Å². The van der Waals surface area contributed by atoms with Gasteiger partial charge in [-0.3, -0.25) is 9.69 Å². The summed E-state index contributed by atoms with van der Waals surface area (Å²) >= 11 is 0. The second-order valence-electron chi connectivity index (χ2n) is 6.92. The molecule has 2 atom stereocenters. The van der Waals surface area contributed by atoms with Gasteiger partial charge in [-0.1, -0.05) is 12.1 Å². The maximum Gasteiger partial charge on any atom is 0.411 e. The number of hydrogen-bond acceptors (Lipinski definition) is 5. The molecule has 1 saturated heterocycles. The van der Waals surface area contributed by atoms with Crippen molar-refractivity contribution in [1.29, 1.82) is 0 Å². The Balaban J connectivity index is 2.15. The summed E-state index contributed by atoms with van der Waals surface area (Å²) in [5, 5.41) is 2.46. The molecule has 26 heavy (non-hydrogen) atoms. The van der Waals surface area contributed by atoms with Gasteiger partial charge in [-0.2, -0.15) is 0 Å². The number of likely N-dealkylation sites (tertiary alicyclic amines) is 1. The molecule has 1 aromatic carbocycles. The van der Waals surface area contributed by atoms with Crippen molar-refractivity contribution in [2.45, 2.75) is 49.9 Å². The van der Waals surface area contributed by atoms with Crippen molar-refractivity contribution < 1.29 is 27.1 Å². The zero-order valence-electron chi connectivity index (χ0n) is 14.7. The molecular formula is C16H22FN3O5S. The topological polar surface area (TPSA) is 105 Å². The molecule has 1 aliphatic rings. The van der Waals surface area contributed by atoms with Crippen molar-refractivity contribution in [3.63, 3.8) is 0 Å². The molecule has 8 nitrogen and oxygen atoms in total. The third kappa shape index (κ3) is 4.92. The molecule has 144 valence electrons. The lowest BCUT2D eigenvalue weighted by molar-refractivity contribution is -0.110. The van der Waals surface area contributed by atoms with E-state index in [1.807, 2.05) is 0 Å². The van der Waals surface area contributed by atoms with E-state index in [9.17, 15) is 22.4 Å². The molecule has 0 radical (unpaired) electrons. The number of hydrogen-bond donors (Lipinski definition) is 2. The van der Waals surface area contributed by atoms with Gasteiger partial charge in [-0.05, 0) is 32.9 Å². The highest BCUT2D eigenvalue weighted by molar-refractivity contribution is 7.89. The van der Waals surface area contributed by atoms with Crippen LogP contribution in [0.1, 0.15) is 27.2 Å². The van der Waals surface area contributed by atoms with Gasteiger partial charge >= 0.3 is 6.09 Å². The Kier molecular flexibility index (Phi) is 5.87. The molecular weight excluding hydrogens is 365 g/mol. The lowest BCUT2D eigenvalue weighted by Crippen LogP contribution is -2.46. The van der Waals surface area contributed by atoms with Gasteiger partial charge in [0.1, 0.15) is 22.5 Å². The molecule has 2 N–H and O–H groups in total. The van der Waals surface area contributed by atoms with Gasteiger partial charge in [-0.15, -0.1) is 0 Å². The molecule has 0 spiro atoms. The lowest BCUT2D eigenvalue weighted by Gasteiger charge is -2.28. The molecule has 1 aromatic rings. The Morgan fingerprint density at radius 2 is 2.00 bits per heavy atom. The quantitative estimate of drug-likeness (QED) is 0.739. The Labute approximate surface area is 151 Å². The van der Waals surface area contributed by atoms with Crippen LogP contribution in [0.2, 0.25) is 0 Å². The van der Waals surface area contributed by atoms with Crippen molar-refractivity contribution >= 4 is 22.5 Å². The predicted octanol–water partition coefficient (Wildman–Crippen LogP) is 1.19. The number of ether oxygens (including phenoxy) is 1. The molecule has 0 bridgehead atoms. The number of benzene rings is 1. The second kappa shape index (κ2) is 7.58. The third-order valence-electron chi connectivity index (χ3n) is 3.64. The first-order chi connectivity index (χ1) is 12.0. The fraction of sp³-hybridized carbons (Fsp3) is 0.500. The SMILES string of the molecule is CC(C)(C)OC(=O)N1C[C@H](NS(=O)(=O)c2ccccc2F)C[C@H]1NC=O. The molecule has 1 fully saturated rings. The molecule has 1 heterocycles. The first-order valence-electron chi connectivity index (χ1n) is 7.99. The normalized spacial score (nSPS) is 20.7. The number of sulfonamides is 1. The van der Waals surface area contributed by atoms with Crippen LogP contribution in [0, 0.1) is 5.82 Å². The van der Waals surface area contributed by atoms with E-state index in [1.54, 1.807) is 20.8 Å². The van der Waals surface area contributed by atoms with E-state index in [1.165, 1.54) is 17.0 Å². The van der Waals surface area contributed by atoms with Gasteiger partial charge < -0.3 is 10.1 Å². The average Bonchev–Trinajstić information content (AvgIpc) is 2.88. The van der Waals surface area contributed by atoms with Gasteiger partial charge in [0.2, 0.25) is 16.4 Å². The van der Waals surface area contributed by atoms with E-state index in [2.05, 4.69) is 10.0 Å². The lowest BCUT2D eigenvalue weighted by atomic mass is 10.2. The summed E-state index contributed by atoms with van der Waals surface area (Å²) in [5.74, 6) is -0.871. The maximum absolute atomic E-state index is 13.8. The highest BCUT2D eigenvalue weighted by atomic mass is 32.2. The third-order valence-corrected chi connectivity index (χ3v) is 5.19. The summed E-state index contributed by atoms with van der Waals surface area (Å²) in [5.41, 5.74) is -0.742. The summed E-state index contributed by atoms with van der Waals surface area (Å²) in [7, 11) is -4.12. The van der Waals surface area contributed by atoms with Crippen LogP contribution in [-0.4, -0.2) is 50.2 Å². The predicted molar refractivity (Wildman–Crippen MR) is 91.1 cm³/mol. The second-order valence-corrected chi connectivity index (χ2v) is 8.60. The Morgan fingerprint density at radius 3 is 2.58 bits per heavy atom. The van der Waals surface area contributed by atoms with Gasteiger partial charge in [-0.25, -0.2) is 22.3 Å². The standard InChI is InChI=1S/C16H22FN3O5S/c1-16(2,3)25-15(22)20-9-11(8-14(20)18-10-21)19-26(23,24)13-7-5-4-6-12(13)17/h4-7,10-11,14,19H,8-9H2,1-3H3,(H,18,21)/t11-,14+/m1/s1. The minimum absolute atomic E-state index is 0.0197. The molecule has 0 saturated carbocycles. The Morgan fingerprint density at radius 1 is 1.35 bits per heavy atom. The Bertz CT molecular complexity index is 778. The highest BCUT2D eigenvalue weighted by Crippen LogP contribution is 2.22. The number of amides is 2. The van der Waals surface area contributed by atoms with Gasteiger partial charge in [0.25, 0.3) is 0 Å². The number of nitrogens with one attached hydrogen (secondary N) is 2. The summed E-state index contributed by atoms with van der Waals surface area (Å²) in [6.45, 7) is 5.07. The molecule has 10 heteroatoms. The van der Waals surface area contributed by atoms with Crippen LogP contribution in [0.15, 0.2) is 29.2 Å². The van der Waals surface area contributed by atoms with Crippen LogP contribution >= 0.6 is 0 Å². The van der Waals surface area contributed by atoms with Crippen molar-refractivity contribution in [2.24, 2.45) is 0 Å². The number of rotatable bonds is 5. The summed E-state index contributed by atoms with van der Waals surface area (Å²) in [6, 6.07) is 4.30. The van der Waals surface area contributed by atoms with E-state index >= 15 is 0 Å². The fourth-order valence-electron chi connectivity index (χ4n) is 2.63.